The first-order valence-electron chi connectivity index (χ1n) is 38.7. The van der Waals surface area contributed by atoms with Gasteiger partial charge < -0.3 is 75.3 Å². The Bertz CT molecular complexity index is 3120. The van der Waals surface area contributed by atoms with Gasteiger partial charge in [-0.2, -0.15) is 0 Å². The van der Waals surface area contributed by atoms with Crippen molar-refractivity contribution in [3.63, 3.8) is 0 Å². The van der Waals surface area contributed by atoms with Gasteiger partial charge in [0.05, 0.1) is 65.1 Å². The molecular weight excluding hydrogens is 1300 g/mol. The first-order valence-corrected chi connectivity index (χ1v) is 38.7. The highest BCUT2D eigenvalue weighted by Gasteiger charge is 2.48. The molecule has 0 bridgehead atoms. The average Bonchev–Trinajstić information content (AvgIpc) is 1.71. The third kappa shape index (κ3) is 18.5. The number of primary amides is 2. The van der Waals surface area contributed by atoms with Crippen LogP contribution in [0.3, 0.4) is 0 Å². The van der Waals surface area contributed by atoms with Crippen molar-refractivity contribution in [3.8, 4) is 0 Å². The number of nitrogens with two attached hydrogens (primary N) is 2. The molecule has 11 aliphatic carbocycles. The number of carbonyl (C=O) groups excluding carboxylic acids is 14. The molecular formula is C73H112N14O14. The minimum absolute atomic E-state index is 0.156. The molecule has 16 N–H and O–H groups in total. The molecule has 0 unspecified atom stereocenters. The van der Waals surface area contributed by atoms with Crippen LogP contribution in [0.15, 0.2) is 0 Å². The summed E-state index contributed by atoms with van der Waals surface area (Å²) in [6.45, 7) is 1.44. The summed E-state index contributed by atoms with van der Waals surface area (Å²) < 4.78 is 0. The fourth-order valence-electron chi connectivity index (χ4n) is 20.0. The van der Waals surface area contributed by atoms with Crippen LogP contribution in [0.5, 0.6) is 0 Å². The van der Waals surface area contributed by atoms with Crippen molar-refractivity contribution in [1.82, 2.24) is 63.8 Å². The summed E-state index contributed by atoms with van der Waals surface area (Å²) in [5, 5.41) is 37.0. The number of nitrogens with one attached hydrogen (secondary N) is 12. The molecule has 11 saturated carbocycles. The van der Waals surface area contributed by atoms with Crippen molar-refractivity contribution >= 4 is 82.7 Å². The number of rotatable bonds is 27. The lowest BCUT2D eigenvalue weighted by molar-refractivity contribution is -0.133. The van der Waals surface area contributed by atoms with E-state index in [1.165, 1.54) is 6.92 Å². The van der Waals surface area contributed by atoms with E-state index in [0.29, 0.717) is 167 Å². The van der Waals surface area contributed by atoms with Crippen LogP contribution in [0, 0.1) is 65.1 Å². The maximum Gasteiger partial charge on any atom is 0.225 e. The van der Waals surface area contributed by atoms with Crippen LogP contribution in [0.1, 0.15) is 232 Å². The predicted octanol–water partition coefficient (Wildman–Crippen LogP) is 1.38. The molecule has 11 rings (SSSR count). The third-order valence-corrected chi connectivity index (χ3v) is 25.3. The fourth-order valence-corrected chi connectivity index (χ4v) is 20.0. The summed E-state index contributed by atoms with van der Waals surface area (Å²) in [6, 6.07) is -5.48. The largest absolute Gasteiger partial charge is 0.370 e. The van der Waals surface area contributed by atoms with E-state index in [-0.39, 0.29) is 102 Å². The van der Waals surface area contributed by atoms with Crippen LogP contribution in [-0.4, -0.2) is 155 Å². The summed E-state index contributed by atoms with van der Waals surface area (Å²) in [4.78, 5) is 189. The molecule has 14 amide bonds. The Hall–Kier alpha value is -7.42. The molecule has 0 saturated heterocycles. The van der Waals surface area contributed by atoms with Gasteiger partial charge >= 0.3 is 0 Å². The van der Waals surface area contributed by atoms with Crippen LogP contribution < -0.4 is 75.3 Å². The van der Waals surface area contributed by atoms with Crippen molar-refractivity contribution in [3.05, 3.63) is 0 Å². The molecule has 0 aromatic heterocycles. The maximum atomic E-state index is 14.2. The average molecular weight is 1410 g/mol. The van der Waals surface area contributed by atoms with Crippen LogP contribution >= 0.6 is 0 Å². The zero-order valence-electron chi connectivity index (χ0n) is 58.9. The van der Waals surface area contributed by atoms with Gasteiger partial charge in [-0.05, 0) is 141 Å². The Morgan fingerprint density at radius 3 is 0.644 bits per heavy atom. The van der Waals surface area contributed by atoms with Gasteiger partial charge in [-0.15, -0.1) is 0 Å². The highest BCUT2D eigenvalue weighted by atomic mass is 16.2. The monoisotopic (exact) mass is 1410 g/mol. The molecule has 11 fully saturated rings. The molecule has 28 nitrogen and oxygen atoms in total. The van der Waals surface area contributed by atoms with E-state index in [1.54, 1.807) is 0 Å². The summed E-state index contributed by atoms with van der Waals surface area (Å²) in [6.07, 6.45) is 20.5. The van der Waals surface area contributed by atoms with Gasteiger partial charge in [0, 0.05) is 92.3 Å². The van der Waals surface area contributed by atoms with Crippen molar-refractivity contribution < 1.29 is 67.1 Å². The summed E-state index contributed by atoms with van der Waals surface area (Å²) in [5.74, 6) is -9.66. The number of carbonyl (C=O) groups is 14. The molecule has 0 spiro atoms. The lowest BCUT2D eigenvalue weighted by Gasteiger charge is -2.29. The first kappa shape index (κ1) is 74.8. The molecule has 0 aliphatic heterocycles. The van der Waals surface area contributed by atoms with Gasteiger partial charge in [-0.1, -0.05) is 70.6 Å². The normalized spacial score (nSPS) is 35.9. The Morgan fingerprint density at radius 2 is 0.436 bits per heavy atom. The molecule has 101 heavy (non-hydrogen) atoms. The van der Waals surface area contributed by atoms with Crippen molar-refractivity contribution in [2.45, 2.75) is 304 Å². The van der Waals surface area contributed by atoms with E-state index in [1.807, 2.05) is 0 Å². The van der Waals surface area contributed by atoms with Gasteiger partial charge in [0.2, 0.25) is 82.7 Å². The Kier molecular flexibility index (Phi) is 25.3. The number of hydrogen-bond donors (Lipinski definition) is 14. The molecule has 0 aromatic rings. The second kappa shape index (κ2) is 34.2. The third-order valence-electron chi connectivity index (χ3n) is 25.3. The number of hydrogen-bond acceptors (Lipinski definition) is 14. The lowest BCUT2D eigenvalue weighted by Crippen LogP contribution is -2.54. The second-order valence-corrected chi connectivity index (χ2v) is 31.9. The Morgan fingerprint density at radius 1 is 0.248 bits per heavy atom. The number of amides is 14. The SMILES string of the molecule is CC(=O)N[C@H]1CCC[C@@H]1C(=O)N[C@H]1CCC[C@@H]1C(=O)N[C@H]1CCC[C@@H]1C(=O)N[C@H]1CCC[C@@H]1C(=O)N[C@@H](CC(N)=O)CC(=O)N[C@H]1CCC[C@@H]1C(=O)N[C@H]1CCC[C@@H]1C(=O)N[C@H]1CCC[C@@H]1C(=O)N[C@H]1CCC[C@@H]1C(=O)N[C@H]1CCC[C@@H]1C(=O)N[C@H]1CCC[C@@H]1C(=O)N[C@H]1CCC[C@@H]1C(N)=O. The van der Waals surface area contributed by atoms with Gasteiger partial charge in [0.15, 0.2) is 0 Å². The fraction of sp³-hybridized carbons (Fsp3) is 0.808. The van der Waals surface area contributed by atoms with E-state index in [0.717, 1.165) is 44.9 Å². The molecule has 0 heterocycles. The van der Waals surface area contributed by atoms with E-state index < -0.39 is 131 Å². The minimum atomic E-state index is -0.974. The van der Waals surface area contributed by atoms with Crippen molar-refractivity contribution in [2.75, 3.05) is 0 Å². The molecule has 11 aliphatic rings. The zero-order chi connectivity index (χ0) is 71.6. The highest BCUT2D eigenvalue weighted by Crippen LogP contribution is 2.38. The summed E-state index contributed by atoms with van der Waals surface area (Å²) in [7, 11) is 0. The van der Waals surface area contributed by atoms with E-state index in [9.17, 15) is 67.1 Å². The van der Waals surface area contributed by atoms with Gasteiger partial charge in [0.1, 0.15) is 0 Å². The van der Waals surface area contributed by atoms with Crippen LogP contribution in [0.25, 0.3) is 0 Å². The van der Waals surface area contributed by atoms with Crippen LogP contribution in [0.2, 0.25) is 0 Å². The summed E-state index contributed by atoms with van der Waals surface area (Å²) >= 11 is 0. The molecule has 0 aromatic carbocycles. The van der Waals surface area contributed by atoms with Crippen LogP contribution in [0.4, 0.5) is 0 Å². The van der Waals surface area contributed by atoms with Crippen LogP contribution in [-0.2, 0) is 67.1 Å². The smallest absolute Gasteiger partial charge is 0.225 e. The standard InChI is InChI=1S/C73H112N14O14/c1-37(88)76-51-25-3-14-40(51)65(93)81-55-29-7-18-44(55)69(97)84-57-31-9-20-46(57)68(96)80-53-27-5-16-42(53)64(92)77-38(35-61(74)89)36-62(90)78-52-26-4-15-41(52)66(94)82-56-30-8-19-45(56)70(98)85-59-33-11-22-48(59)72(100)87-60-34-12-23-49(60)73(101)86-58-32-10-21-47(58)71(99)83-54-28-6-17-43(54)67(95)79-50-24-2-13-39(50)63(75)91/h38-60H,2-36H2,1H3,(H2,74,89)(H2,75,91)(H,76,88)(H,77,92)(H,78,90)(H,79,95)(H,80,96)(H,81,93)(H,82,94)(H,83,99)(H,84,97)(H,85,98)(H,86,101)(H,87,100)/t38-,39-,40-,41-,42-,43-,44-,45-,46-,47-,48-,49-,50-,51-,52-,53-,54-,55-,56-,57-,58-,59-,60-/m0/s1. The van der Waals surface area contributed by atoms with Gasteiger partial charge in [0.25, 0.3) is 0 Å². The van der Waals surface area contributed by atoms with E-state index >= 15 is 0 Å². The molecule has 0 radical (unpaired) electrons. The minimum Gasteiger partial charge on any atom is -0.370 e. The Labute approximate surface area is 591 Å². The topological polar surface area (TPSA) is 435 Å². The Balaban J connectivity index is 0.606. The summed E-state index contributed by atoms with van der Waals surface area (Å²) in [5.41, 5.74) is 11.3. The van der Waals surface area contributed by atoms with Crippen molar-refractivity contribution in [1.29, 1.82) is 0 Å². The lowest BCUT2D eigenvalue weighted by atomic mass is 9.95. The highest BCUT2D eigenvalue weighted by molar-refractivity contribution is 5.90. The predicted molar refractivity (Wildman–Crippen MR) is 367 cm³/mol. The zero-order valence-corrected chi connectivity index (χ0v) is 58.9. The van der Waals surface area contributed by atoms with Gasteiger partial charge in [-0.25, -0.2) is 0 Å². The van der Waals surface area contributed by atoms with E-state index in [2.05, 4.69) is 63.8 Å². The molecule has 23 atom stereocenters. The first-order chi connectivity index (χ1) is 48.6. The molecule has 28 heteroatoms. The van der Waals surface area contributed by atoms with Crippen molar-refractivity contribution in [2.24, 2.45) is 76.6 Å². The van der Waals surface area contributed by atoms with Gasteiger partial charge in [-0.3, -0.25) is 67.1 Å². The second-order valence-electron chi connectivity index (χ2n) is 31.9. The van der Waals surface area contributed by atoms with E-state index in [4.69, 9.17) is 11.5 Å². The molecule has 558 valence electrons. The quantitative estimate of drug-likeness (QED) is 0.0553. The maximum absolute atomic E-state index is 14.2.